The molecular formula is C22H47N. The summed E-state index contributed by atoms with van der Waals surface area (Å²) in [6.07, 6.45) is 25.8. The standard InChI is InChI=1S/C22H47N/c1-3-22(4-2)20-18-16-14-12-10-8-6-5-7-9-11-13-15-17-19-21-23/h22H,3-21,23H2,1-2H3. The molecule has 0 bridgehead atoms. The van der Waals surface area contributed by atoms with Crippen LogP contribution in [0, 0.1) is 5.92 Å². The Morgan fingerprint density at radius 3 is 1.09 bits per heavy atom. The lowest BCUT2D eigenvalue weighted by Gasteiger charge is -2.11. The maximum atomic E-state index is 5.51. The molecule has 0 aliphatic carbocycles. The molecule has 0 rings (SSSR count). The molecule has 0 spiro atoms. The van der Waals surface area contributed by atoms with Crippen LogP contribution >= 0.6 is 0 Å². The first-order valence-electron chi connectivity index (χ1n) is 11.0. The van der Waals surface area contributed by atoms with Gasteiger partial charge in [0, 0.05) is 0 Å². The summed E-state index contributed by atoms with van der Waals surface area (Å²) in [5, 5.41) is 0. The smallest absolute Gasteiger partial charge is 0.00773 e. The van der Waals surface area contributed by atoms with Gasteiger partial charge in [-0.3, -0.25) is 0 Å². The average Bonchev–Trinajstić information content (AvgIpc) is 2.58. The van der Waals surface area contributed by atoms with Gasteiger partial charge in [-0.15, -0.1) is 0 Å². The van der Waals surface area contributed by atoms with E-state index in [0.29, 0.717) is 0 Å². The van der Waals surface area contributed by atoms with Crippen LogP contribution in [0.5, 0.6) is 0 Å². The molecule has 0 aromatic rings. The predicted molar refractivity (Wildman–Crippen MR) is 107 cm³/mol. The zero-order chi connectivity index (χ0) is 17.0. The van der Waals surface area contributed by atoms with E-state index in [-0.39, 0.29) is 0 Å². The number of hydrogen-bond acceptors (Lipinski definition) is 1. The molecule has 0 aromatic heterocycles. The third-order valence-corrected chi connectivity index (χ3v) is 5.47. The monoisotopic (exact) mass is 325 g/mol. The largest absolute Gasteiger partial charge is 0.330 e. The van der Waals surface area contributed by atoms with Crippen molar-refractivity contribution in [2.45, 2.75) is 129 Å². The summed E-state index contributed by atoms with van der Waals surface area (Å²) in [5.74, 6) is 0.996. The summed E-state index contributed by atoms with van der Waals surface area (Å²) in [5.41, 5.74) is 5.51. The topological polar surface area (TPSA) is 26.0 Å². The minimum Gasteiger partial charge on any atom is -0.330 e. The normalized spacial score (nSPS) is 11.5. The van der Waals surface area contributed by atoms with Crippen molar-refractivity contribution < 1.29 is 0 Å². The minimum atomic E-state index is 0.873. The van der Waals surface area contributed by atoms with Crippen molar-refractivity contribution in [2.75, 3.05) is 6.54 Å². The van der Waals surface area contributed by atoms with E-state index in [4.69, 9.17) is 5.73 Å². The summed E-state index contributed by atoms with van der Waals surface area (Å²) < 4.78 is 0. The van der Waals surface area contributed by atoms with Gasteiger partial charge in [-0.05, 0) is 18.9 Å². The molecule has 0 saturated carbocycles. The Kier molecular flexibility index (Phi) is 20.0. The zero-order valence-corrected chi connectivity index (χ0v) is 16.6. The molecule has 0 unspecified atom stereocenters. The summed E-state index contributed by atoms with van der Waals surface area (Å²) in [6.45, 7) is 5.56. The third-order valence-electron chi connectivity index (χ3n) is 5.47. The molecule has 0 fully saturated rings. The average molecular weight is 326 g/mol. The van der Waals surface area contributed by atoms with Crippen molar-refractivity contribution >= 4 is 0 Å². The molecule has 0 saturated heterocycles. The minimum absolute atomic E-state index is 0.873. The summed E-state index contributed by atoms with van der Waals surface area (Å²) in [6, 6.07) is 0. The Bertz CT molecular complexity index is 198. The van der Waals surface area contributed by atoms with Gasteiger partial charge in [0.05, 0.1) is 0 Å². The van der Waals surface area contributed by atoms with E-state index in [9.17, 15) is 0 Å². The molecule has 140 valence electrons. The maximum Gasteiger partial charge on any atom is -0.00773 e. The van der Waals surface area contributed by atoms with Crippen molar-refractivity contribution in [3.63, 3.8) is 0 Å². The van der Waals surface area contributed by atoms with Gasteiger partial charge in [0.2, 0.25) is 0 Å². The predicted octanol–water partition coefficient (Wildman–Crippen LogP) is 7.62. The van der Waals surface area contributed by atoms with E-state index < -0.39 is 0 Å². The van der Waals surface area contributed by atoms with Gasteiger partial charge in [0.15, 0.2) is 0 Å². The molecule has 0 aliphatic heterocycles. The van der Waals surface area contributed by atoms with E-state index in [1.807, 2.05) is 0 Å². The quantitative estimate of drug-likeness (QED) is 0.243. The molecule has 2 N–H and O–H groups in total. The van der Waals surface area contributed by atoms with Gasteiger partial charge < -0.3 is 5.73 Å². The van der Waals surface area contributed by atoms with Crippen LogP contribution < -0.4 is 5.73 Å². The lowest BCUT2D eigenvalue weighted by Crippen LogP contribution is -1.97. The highest BCUT2D eigenvalue weighted by Crippen LogP contribution is 2.18. The highest BCUT2D eigenvalue weighted by molar-refractivity contribution is 4.55. The first kappa shape index (κ1) is 23.0. The fraction of sp³-hybridized carbons (Fsp3) is 1.00. The second kappa shape index (κ2) is 20.0. The van der Waals surface area contributed by atoms with Gasteiger partial charge in [-0.1, -0.05) is 123 Å². The molecule has 0 radical (unpaired) electrons. The van der Waals surface area contributed by atoms with Gasteiger partial charge >= 0.3 is 0 Å². The molecular weight excluding hydrogens is 278 g/mol. The number of rotatable bonds is 19. The third kappa shape index (κ3) is 18.1. The van der Waals surface area contributed by atoms with Crippen molar-refractivity contribution in [1.29, 1.82) is 0 Å². The van der Waals surface area contributed by atoms with Gasteiger partial charge in [0.25, 0.3) is 0 Å². The first-order valence-corrected chi connectivity index (χ1v) is 11.0. The molecule has 0 heterocycles. The Labute approximate surface area is 148 Å². The van der Waals surface area contributed by atoms with Crippen molar-refractivity contribution in [3.05, 3.63) is 0 Å². The number of hydrogen-bond donors (Lipinski definition) is 1. The number of unbranched alkanes of at least 4 members (excludes halogenated alkanes) is 14. The fourth-order valence-corrected chi connectivity index (χ4v) is 3.57. The van der Waals surface area contributed by atoms with Crippen molar-refractivity contribution in [1.82, 2.24) is 0 Å². The van der Waals surface area contributed by atoms with Crippen LogP contribution in [0.3, 0.4) is 0 Å². The molecule has 0 aliphatic rings. The van der Waals surface area contributed by atoms with E-state index in [2.05, 4.69) is 13.8 Å². The van der Waals surface area contributed by atoms with Crippen LogP contribution in [0.2, 0.25) is 0 Å². The van der Waals surface area contributed by atoms with E-state index in [0.717, 1.165) is 12.5 Å². The Balaban J connectivity index is 3.02. The summed E-state index contributed by atoms with van der Waals surface area (Å²) >= 11 is 0. The lowest BCUT2D eigenvalue weighted by atomic mass is 9.95. The molecule has 0 aromatic carbocycles. The highest BCUT2D eigenvalue weighted by Gasteiger charge is 2.02. The Hall–Kier alpha value is -0.0400. The van der Waals surface area contributed by atoms with Gasteiger partial charge in [-0.25, -0.2) is 0 Å². The van der Waals surface area contributed by atoms with E-state index in [1.54, 1.807) is 0 Å². The molecule has 0 atom stereocenters. The first-order chi connectivity index (χ1) is 11.3. The summed E-state index contributed by atoms with van der Waals surface area (Å²) in [7, 11) is 0. The summed E-state index contributed by atoms with van der Waals surface area (Å²) in [4.78, 5) is 0. The van der Waals surface area contributed by atoms with E-state index >= 15 is 0 Å². The second-order valence-corrected chi connectivity index (χ2v) is 7.56. The Morgan fingerprint density at radius 2 is 0.783 bits per heavy atom. The lowest BCUT2D eigenvalue weighted by molar-refractivity contribution is 0.426. The molecule has 1 nitrogen and oxygen atoms in total. The maximum absolute atomic E-state index is 5.51. The van der Waals surface area contributed by atoms with Crippen molar-refractivity contribution in [2.24, 2.45) is 11.7 Å². The van der Waals surface area contributed by atoms with Crippen LogP contribution in [-0.2, 0) is 0 Å². The van der Waals surface area contributed by atoms with Crippen molar-refractivity contribution in [3.8, 4) is 0 Å². The second-order valence-electron chi connectivity index (χ2n) is 7.56. The van der Waals surface area contributed by atoms with Crippen LogP contribution in [0.25, 0.3) is 0 Å². The molecule has 0 amide bonds. The number of nitrogens with two attached hydrogens (primary N) is 1. The zero-order valence-electron chi connectivity index (χ0n) is 16.6. The SMILES string of the molecule is CCC(CC)CCCCCCCCCCCCCCCCCN. The van der Waals surface area contributed by atoms with Crippen LogP contribution in [0.1, 0.15) is 129 Å². The molecule has 1 heteroatoms. The Morgan fingerprint density at radius 1 is 0.478 bits per heavy atom. The van der Waals surface area contributed by atoms with Crippen LogP contribution in [0.15, 0.2) is 0 Å². The van der Waals surface area contributed by atoms with Crippen LogP contribution in [0.4, 0.5) is 0 Å². The highest BCUT2D eigenvalue weighted by atomic mass is 14.5. The van der Waals surface area contributed by atoms with Gasteiger partial charge in [-0.2, -0.15) is 0 Å². The van der Waals surface area contributed by atoms with Crippen LogP contribution in [-0.4, -0.2) is 6.54 Å². The van der Waals surface area contributed by atoms with Gasteiger partial charge in [0.1, 0.15) is 0 Å². The fourth-order valence-electron chi connectivity index (χ4n) is 3.57. The van der Waals surface area contributed by atoms with E-state index in [1.165, 1.54) is 116 Å². The molecule has 23 heavy (non-hydrogen) atoms.